The lowest BCUT2D eigenvalue weighted by atomic mass is 10.0. The van der Waals surface area contributed by atoms with Crippen molar-refractivity contribution in [2.24, 2.45) is 11.7 Å². The summed E-state index contributed by atoms with van der Waals surface area (Å²) in [6, 6.07) is 0. The van der Waals surface area contributed by atoms with Crippen molar-refractivity contribution in [2.45, 2.75) is 46.1 Å². The maximum atomic E-state index is 12.0. The Morgan fingerprint density at radius 3 is 2.28 bits per heavy atom. The monoisotopic (exact) mass is 257 g/mol. The van der Waals surface area contributed by atoms with E-state index in [1.165, 1.54) is 4.90 Å². The van der Waals surface area contributed by atoms with Gasteiger partial charge >= 0.3 is 0 Å². The van der Waals surface area contributed by atoms with Crippen LogP contribution in [0.5, 0.6) is 0 Å². The van der Waals surface area contributed by atoms with Crippen molar-refractivity contribution < 1.29 is 9.59 Å². The van der Waals surface area contributed by atoms with Crippen LogP contribution < -0.4 is 11.1 Å². The van der Waals surface area contributed by atoms with Gasteiger partial charge in [-0.05, 0) is 27.2 Å². The first-order valence-corrected chi connectivity index (χ1v) is 6.47. The summed E-state index contributed by atoms with van der Waals surface area (Å²) < 4.78 is 0. The molecule has 0 aromatic heterocycles. The van der Waals surface area contributed by atoms with Crippen LogP contribution >= 0.6 is 0 Å². The van der Waals surface area contributed by atoms with E-state index in [1.807, 2.05) is 27.7 Å². The summed E-state index contributed by atoms with van der Waals surface area (Å²) in [5.74, 6) is -0.378. The molecule has 0 saturated carbocycles. The van der Waals surface area contributed by atoms with E-state index in [4.69, 9.17) is 5.73 Å². The number of hydrogen-bond donors (Lipinski definition) is 2. The Balaban J connectivity index is 4.34. The van der Waals surface area contributed by atoms with Crippen LogP contribution in [0.3, 0.4) is 0 Å². The standard InChI is InChI=1S/C13H27N3O2/c1-6-7-10(8-14)12(18)16(5)9-11(17)15-13(2,3)4/h10H,6-9,14H2,1-5H3,(H,15,17). The number of amides is 2. The summed E-state index contributed by atoms with van der Waals surface area (Å²) in [6.45, 7) is 8.15. The summed E-state index contributed by atoms with van der Waals surface area (Å²) in [6.07, 6.45) is 1.68. The minimum Gasteiger partial charge on any atom is -0.350 e. The van der Waals surface area contributed by atoms with E-state index in [2.05, 4.69) is 5.32 Å². The van der Waals surface area contributed by atoms with Gasteiger partial charge in [-0.15, -0.1) is 0 Å². The second kappa shape index (κ2) is 7.36. The number of nitrogens with one attached hydrogen (secondary N) is 1. The second-order valence-electron chi connectivity index (χ2n) is 5.71. The van der Waals surface area contributed by atoms with Crippen molar-refractivity contribution in [2.75, 3.05) is 20.1 Å². The molecule has 1 unspecified atom stereocenters. The van der Waals surface area contributed by atoms with Crippen molar-refractivity contribution in [1.29, 1.82) is 0 Å². The highest BCUT2D eigenvalue weighted by molar-refractivity contribution is 5.86. The fraction of sp³-hybridized carbons (Fsp3) is 0.846. The smallest absolute Gasteiger partial charge is 0.240 e. The van der Waals surface area contributed by atoms with E-state index in [9.17, 15) is 9.59 Å². The fourth-order valence-electron chi connectivity index (χ4n) is 1.75. The van der Waals surface area contributed by atoms with Gasteiger partial charge in [-0.25, -0.2) is 0 Å². The third-order valence-electron chi connectivity index (χ3n) is 2.54. The molecule has 0 spiro atoms. The highest BCUT2D eigenvalue weighted by Gasteiger charge is 2.22. The first-order chi connectivity index (χ1) is 8.21. The molecule has 3 N–H and O–H groups in total. The SMILES string of the molecule is CCCC(CN)C(=O)N(C)CC(=O)NC(C)(C)C. The molecule has 2 amide bonds. The van der Waals surface area contributed by atoms with Gasteiger partial charge in [-0.1, -0.05) is 13.3 Å². The van der Waals surface area contributed by atoms with E-state index in [1.54, 1.807) is 7.05 Å². The van der Waals surface area contributed by atoms with Crippen LogP contribution in [-0.4, -0.2) is 42.4 Å². The van der Waals surface area contributed by atoms with Crippen molar-refractivity contribution in [3.63, 3.8) is 0 Å². The average Bonchev–Trinajstić information content (AvgIpc) is 2.21. The molecule has 0 bridgehead atoms. The van der Waals surface area contributed by atoms with Gasteiger partial charge in [0.25, 0.3) is 0 Å². The van der Waals surface area contributed by atoms with E-state index < -0.39 is 0 Å². The Labute approximate surface area is 110 Å². The first kappa shape index (κ1) is 16.9. The molecule has 0 aliphatic heterocycles. The van der Waals surface area contributed by atoms with Crippen LogP contribution in [0.4, 0.5) is 0 Å². The van der Waals surface area contributed by atoms with Gasteiger partial charge in [0.2, 0.25) is 11.8 Å². The minimum absolute atomic E-state index is 0.0524. The number of likely N-dealkylation sites (N-methyl/N-ethyl adjacent to an activating group) is 1. The van der Waals surface area contributed by atoms with Crippen LogP contribution in [0.25, 0.3) is 0 Å². The van der Waals surface area contributed by atoms with Gasteiger partial charge in [0.1, 0.15) is 0 Å². The molecule has 0 aliphatic carbocycles. The molecule has 0 aliphatic rings. The number of carbonyl (C=O) groups is 2. The van der Waals surface area contributed by atoms with Gasteiger partial charge in [-0.2, -0.15) is 0 Å². The molecule has 0 aromatic rings. The van der Waals surface area contributed by atoms with Crippen LogP contribution in [-0.2, 0) is 9.59 Å². The molecule has 0 rings (SSSR count). The summed E-state index contributed by atoms with van der Waals surface area (Å²) in [5, 5.41) is 2.83. The Kier molecular flexibility index (Phi) is 6.91. The van der Waals surface area contributed by atoms with Gasteiger partial charge in [0.15, 0.2) is 0 Å². The predicted octanol–water partition coefficient (Wildman–Crippen LogP) is 0.735. The van der Waals surface area contributed by atoms with Crippen LogP contribution in [0.15, 0.2) is 0 Å². The molecular weight excluding hydrogens is 230 g/mol. The zero-order valence-electron chi connectivity index (χ0n) is 12.2. The van der Waals surface area contributed by atoms with Gasteiger partial charge < -0.3 is 16.0 Å². The number of nitrogens with two attached hydrogens (primary N) is 1. The lowest BCUT2D eigenvalue weighted by molar-refractivity contribution is -0.138. The molecular formula is C13H27N3O2. The maximum absolute atomic E-state index is 12.0. The van der Waals surface area contributed by atoms with Crippen molar-refractivity contribution in [3.05, 3.63) is 0 Å². The zero-order valence-corrected chi connectivity index (χ0v) is 12.2. The number of hydrogen-bond acceptors (Lipinski definition) is 3. The maximum Gasteiger partial charge on any atom is 0.240 e. The number of nitrogens with zero attached hydrogens (tertiary/aromatic N) is 1. The normalized spacial score (nSPS) is 13.0. The molecule has 5 heteroatoms. The van der Waals surface area contributed by atoms with Crippen LogP contribution in [0, 0.1) is 5.92 Å². The third-order valence-corrected chi connectivity index (χ3v) is 2.54. The van der Waals surface area contributed by atoms with E-state index in [-0.39, 0.29) is 29.8 Å². The lowest BCUT2D eigenvalue weighted by Gasteiger charge is -2.25. The van der Waals surface area contributed by atoms with E-state index in [0.29, 0.717) is 6.54 Å². The largest absolute Gasteiger partial charge is 0.350 e. The van der Waals surface area contributed by atoms with Gasteiger partial charge in [0.05, 0.1) is 12.5 Å². The highest BCUT2D eigenvalue weighted by atomic mass is 16.2. The van der Waals surface area contributed by atoms with E-state index in [0.717, 1.165) is 12.8 Å². The van der Waals surface area contributed by atoms with Gasteiger partial charge in [0, 0.05) is 19.1 Å². The summed E-state index contributed by atoms with van der Waals surface area (Å²) >= 11 is 0. The summed E-state index contributed by atoms with van der Waals surface area (Å²) in [5.41, 5.74) is 5.30. The molecule has 0 radical (unpaired) electrons. The molecule has 0 fully saturated rings. The van der Waals surface area contributed by atoms with E-state index >= 15 is 0 Å². The van der Waals surface area contributed by atoms with Crippen molar-refractivity contribution in [1.82, 2.24) is 10.2 Å². The molecule has 18 heavy (non-hydrogen) atoms. The third kappa shape index (κ3) is 6.59. The Hall–Kier alpha value is -1.10. The second-order valence-corrected chi connectivity index (χ2v) is 5.71. The molecule has 0 aromatic carbocycles. The summed E-state index contributed by atoms with van der Waals surface area (Å²) in [4.78, 5) is 25.2. The molecule has 106 valence electrons. The molecule has 1 atom stereocenters. The summed E-state index contributed by atoms with van der Waals surface area (Å²) in [7, 11) is 1.64. The Morgan fingerprint density at radius 1 is 1.33 bits per heavy atom. The molecule has 0 heterocycles. The zero-order chi connectivity index (χ0) is 14.3. The minimum atomic E-state index is -0.280. The lowest BCUT2D eigenvalue weighted by Crippen LogP contribution is -2.47. The average molecular weight is 257 g/mol. The quantitative estimate of drug-likeness (QED) is 0.736. The highest BCUT2D eigenvalue weighted by Crippen LogP contribution is 2.08. The first-order valence-electron chi connectivity index (χ1n) is 6.47. The number of rotatable bonds is 6. The van der Waals surface area contributed by atoms with Crippen LogP contribution in [0.2, 0.25) is 0 Å². The number of carbonyl (C=O) groups excluding carboxylic acids is 2. The molecule has 5 nitrogen and oxygen atoms in total. The van der Waals surface area contributed by atoms with Crippen molar-refractivity contribution >= 4 is 11.8 Å². The van der Waals surface area contributed by atoms with Gasteiger partial charge in [-0.3, -0.25) is 9.59 Å². The topological polar surface area (TPSA) is 75.4 Å². The predicted molar refractivity (Wildman–Crippen MR) is 73.0 cm³/mol. The fourth-order valence-corrected chi connectivity index (χ4v) is 1.75. The van der Waals surface area contributed by atoms with Crippen LogP contribution in [0.1, 0.15) is 40.5 Å². The Morgan fingerprint density at radius 2 is 1.89 bits per heavy atom. The molecule has 0 saturated heterocycles. The Bertz CT molecular complexity index is 284. The van der Waals surface area contributed by atoms with Crippen molar-refractivity contribution in [3.8, 4) is 0 Å².